The van der Waals surface area contributed by atoms with E-state index in [4.69, 9.17) is 0 Å². The van der Waals surface area contributed by atoms with Gasteiger partial charge in [-0.05, 0) is 23.3 Å². The molecule has 0 aliphatic rings. The van der Waals surface area contributed by atoms with Crippen molar-refractivity contribution in [2.45, 2.75) is 27.7 Å². The zero-order valence-corrected chi connectivity index (χ0v) is 11.4. The first-order valence-electron chi connectivity index (χ1n) is 4.49. The van der Waals surface area contributed by atoms with Crippen LogP contribution in [0.3, 0.4) is 0 Å². The van der Waals surface area contributed by atoms with Crippen molar-refractivity contribution in [2.24, 2.45) is 11.8 Å². The molecular formula is C8H21O2PS2. The van der Waals surface area contributed by atoms with E-state index in [1.807, 2.05) is 0 Å². The highest BCUT2D eigenvalue weighted by Crippen LogP contribution is 2.47. The van der Waals surface area contributed by atoms with Crippen LogP contribution in [0.15, 0.2) is 0 Å². The largest absolute Gasteiger partial charge is 0.341 e. The van der Waals surface area contributed by atoms with Gasteiger partial charge in [-0.1, -0.05) is 39.9 Å². The molecule has 0 unspecified atom stereocenters. The average Bonchev–Trinajstić information content (AvgIpc) is 1.81. The summed E-state index contributed by atoms with van der Waals surface area (Å²) in [5.74, 6) is 2.77. The standard InChI is InChI=1S/C8H21O2PS2/c1-7(2)5-13(6-8(3)4)11(9,10)12/h7-10,12H,5-6H2,1-4H3. The minimum absolute atomic E-state index is 0.316. The van der Waals surface area contributed by atoms with Crippen LogP contribution in [0, 0.1) is 11.8 Å². The van der Waals surface area contributed by atoms with Gasteiger partial charge in [0, 0.05) is 0 Å². The van der Waals surface area contributed by atoms with Crippen LogP contribution in [-0.4, -0.2) is 21.3 Å². The Morgan fingerprint density at radius 1 is 1.08 bits per heavy atom. The lowest BCUT2D eigenvalue weighted by Crippen LogP contribution is -2.12. The minimum atomic E-state index is -2.91. The molecule has 0 heterocycles. The summed E-state index contributed by atoms with van der Waals surface area (Å²) in [6, 6.07) is 0. The van der Waals surface area contributed by atoms with E-state index in [1.54, 1.807) is 0 Å². The highest BCUT2D eigenvalue weighted by Gasteiger charge is 2.13. The molecule has 0 aliphatic carbocycles. The van der Waals surface area contributed by atoms with Gasteiger partial charge in [-0.15, -0.1) is 10.1 Å². The Bertz CT molecular complexity index is 188. The van der Waals surface area contributed by atoms with Crippen molar-refractivity contribution in [3.8, 4) is 0 Å². The van der Waals surface area contributed by atoms with E-state index in [1.165, 1.54) is 0 Å². The molecule has 0 radical (unpaired) electrons. The zero-order valence-electron chi connectivity index (χ0n) is 8.77. The maximum absolute atomic E-state index is 9.52. The smallest absolute Gasteiger partial charge is 0.198 e. The Morgan fingerprint density at radius 3 is 1.54 bits per heavy atom. The lowest BCUT2D eigenvalue weighted by molar-refractivity contribution is 0.501. The van der Waals surface area contributed by atoms with Gasteiger partial charge < -0.3 is 9.79 Å². The van der Waals surface area contributed by atoms with Gasteiger partial charge in [0.05, 0.1) is 0 Å². The molecule has 13 heavy (non-hydrogen) atoms. The van der Waals surface area contributed by atoms with Crippen LogP contribution < -0.4 is 0 Å². The summed E-state index contributed by atoms with van der Waals surface area (Å²) in [6.07, 6.45) is 0. The van der Waals surface area contributed by atoms with E-state index >= 15 is 0 Å². The normalized spacial score (nSPS) is 13.4. The van der Waals surface area contributed by atoms with Crippen molar-refractivity contribution < 1.29 is 9.79 Å². The third kappa shape index (κ3) is 7.03. The number of hydrogen-bond acceptors (Lipinski definition) is 0. The quantitative estimate of drug-likeness (QED) is 0.525. The molecule has 82 valence electrons. The predicted octanol–water partition coefficient (Wildman–Crippen LogP) is 2.51. The average molecular weight is 244 g/mol. The second-order valence-electron chi connectivity index (χ2n) is 4.10. The fourth-order valence-corrected chi connectivity index (χ4v) is 7.30. The van der Waals surface area contributed by atoms with E-state index < -0.39 is 5.69 Å². The molecule has 0 fully saturated rings. The Balaban J connectivity index is 4.58. The molecular weight excluding hydrogens is 223 g/mol. The molecule has 0 aliphatic heterocycles. The van der Waals surface area contributed by atoms with Crippen LogP contribution in [0.25, 0.3) is 0 Å². The molecule has 0 aromatic heterocycles. The van der Waals surface area contributed by atoms with Crippen LogP contribution in [0.2, 0.25) is 0 Å². The van der Waals surface area contributed by atoms with Crippen molar-refractivity contribution in [3.63, 3.8) is 0 Å². The highest BCUT2D eigenvalue weighted by molar-refractivity contribution is 8.65. The van der Waals surface area contributed by atoms with Crippen molar-refractivity contribution in [1.29, 1.82) is 0 Å². The molecule has 2 N–H and O–H groups in total. The molecule has 0 rings (SSSR count). The summed E-state index contributed by atoms with van der Waals surface area (Å²) in [6.45, 7) is 8.40. The van der Waals surface area contributed by atoms with E-state index in [2.05, 4.69) is 39.9 Å². The Hall–Kier alpha value is 1.05. The third-order valence-electron chi connectivity index (χ3n) is 1.40. The van der Waals surface area contributed by atoms with Crippen molar-refractivity contribution in [1.82, 2.24) is 0 Å². The maximum atomic E-state index is 9.52. The zero-order chi connectivity index (χ0) is 10.6. The monoisotopic (exact) mass is 244 g/mol. The van der Waals surface area contributed by atoms with Crippen LogP contribution in [0.5, 0.6) is 0 Å². The summed E-state index contributed by atoms with van der Waals surface area (Å²) in [4.78, 5) is 19.0. The van der Waals surface area contributed by atoms with Gasteiger partial charge in [0.25, 0.3) is 0 Å². The molecule has 0 spiro atoms. The third-order valence-corrected chi connectivity index (χ3v) is 9.24. The SMILES string of the molecule is CC(C)CS(CC(C)C)=P(O)(O)S. The van der Waals surface area contributed by atoms with Crippen molar-refractivity contribution in [3.05, 3.63) is 0 Å². The Kier molecular flexibility index (Phi) is 6.29. The Morgan fingerprint density at radius 2 is 1.38 bits per heavy atom. The molecule has 5 heteroatoms. The van der Waals surface area contributed by atoms with Gasteiger partial charge in [0.15, 0.2) is 5.69 Å². The van der Waals surface area contributed by atoms with Gasteiger partial charge >= 0.3 is 0 Å². The summed E-state index contributed by atoms with van der Waals surface area (Å²) in [5.41, 5.74) is -2.91. The lowest BCUT2D eigenvalue weighted by Gasteiger charge is -2.19. The van der Waals surface area contributed by atoms with E-state index in [-0.39, 0.29) is 10.1 Å². The van der Waals surface area contributed by atoms with Gasteiger partial charge in [-0.3, -0.25) is 0 Å². The van der Waals surface area contributed by atoms with E-state index in [0.717, 1.165) is 11.5 Å². The fourth-order valence-electron chi connectivity index (χ4n) is 1.04. The summed E-state index contributed by atoms with van der Waals surface area (Å²) in [5, 5.41) is 0. The minimum Gasteiger partial charge on any atom is -0.341 e. The van der Waals surface area contributed by atoms with Gasteiger partial charge in [0.1, 0.15) is 0 Å². The first-order valence-corrected chi connectivity index (χ1v) is 9.50. The van der Waals surface area contributed by atoms with Crippen molar-refractivity contribution in [2.75, 3.05) is 11.5 Å². The second kappa shape index (κ2) is 5.82. The highest BCUT2D eigenvalue weighted by atomic mass is 32.9. The molecule has 0 atom stereocenters. The van der Waals surface area contributed by atoms with Crippen LogP contribution in [0.4, 0.5) is 0 Å². The molecule has 2 nitrogen and oxygen atoms in total. The molecule has 0 aromatic rings. The van der Waals surface area contributed by atoms with Gasteiger partial charge in [-0.25, -0.2) is 0 Å². The van der Waals surface area contributed by atoms with Crippen LogP contribution in [-0.2, 0) is 10.1 Å². The first-order chi connectivity index (χ1) is 5.73. The lowest BCUT2D eigenvalue weighted by atomic mass is 10.3. The van der Waals surface area contributed by atoms with Crippen molar-refractivity contribution >= 4 is 28.0 Å². The second-order valence-corrected chi connectivity index (χ2v) is 12.3. The van der Waals surface area contributed by atoms with E-state index in [0.29, 0.717) is 11.8 Å². The number of hydrogen-bond donors (Lipinski definition) is 3. The van der Waals surface area contributed by atoms with Gasteiger partial charge in [-0.2, -0.15) is 0 Å². The summed E-state index contributed by atoms with van der Waals surface area (Å²) < 4.78 is 0. The van der Waals surface area contributed by atoms with Crippen LogP contribution >= 0.6 is 17.9 Å². The fraction of sp³-hybridized carbons (Fsp3) is 1.00. The molecule has 0 saturated carbocycles. The number of thiol groups is 1. The van der Waals surface area contributed by atoms with Crippen LogP contribution in [0.1, 0.15) is 27.7 Å². The molecule has 0 bridgehead atoms. The predicted molar refractivity (Wildman–Crippen MR) is 67.1 cm³/mol. The first kappa shape index (κ1) is 14.1. The topological polar surface area (TPSA) is 40.5 Å². The van der Waals surface area contributed by atoms with E-state index in [9.17, 15) is 9.79 Å². The Labute approximate surface area is 89.0 Å². The number of rotatable bonds is 4. The molecule has 0 saturated heterocycles. The summed E-state index contributed by atoms with van der Waals surface area (Å²) >= 11 is 3.93. The maximum Gasteiger partial charge on any atom is 0.198 e. The molecule has 0 amide bonds. The summed E-state index contributed by atoms with van der Waals surface area (Å²) in [7, 11) is -0.316. The molecule has 0 aromatic carbocycles. The van der Waals surface area contributed by atoms with Gasteiger partial charge in [0.2, 0.25) is 0 Å².